The topological polar surface area (TPSA) is 82.2 Å². The number of fused-ring (bicyclic) bond motifs is 1. The lowest BCUT2D eigenvalue weighted by Crippen LogP contribution is -2.23. The molecule has 33 heavy (non-hydrogen) atoms. The summed E-state index contributed by atoms with van der Waals surface area (Å²) in [6.07, 6.45) is 5.38. The van der Waals surface area contributed by atoms with Gasteiger partial charge in [0.1, 0.15) is 5.58 Å². The van der Waals surface area contributed by atoms with E-state index in [1.165, 1.54) is 0 Å². The molecular weight excluding hydrogens is 416 g/mol. The summed E-state index contributed by atoms with van der Waals surface area (Å²) in [5.41, 5.74) is 4.91. The standard InChI is InChI=1S/C26H22N4O3/c1-32-17-22-21-9-5-6-10-23(21)33-25(22)26(31)28-15-19-16-30(20-7-3-2-4-8-20)29-24(19)18-11-13-27-14-12-18/h2-14,16H,15,17H2,1H3,(H,28,31). The largest absolute Gasteiger partial charge is 0.451 e. The smallest absolute Gasteiger partial charge is 0.287 e. The summed E-state index contributed by atoms with van der Waals surface area (Å²) in [7, 11) is 1.60. The zero-order valence-electron chi connectivity index (χ0n) is 18.1. The number of amides is 1. The summed E-state index contributed by atoms with van der Waals surface area (Å²) < 4.78 is 13.0. The number of furan rings is 1. The first kappa shape index (κ1) is 20.7. The number of benzene rings is 2. The number of aromatic nitrogens is 3. The Morgan fingerprint density at radius 1 is 1.03 bits per heavy atom. The SMILES string of the molecule is COCc1c(C(=O)NCc2cn(-c3ccccc3)nc2-c2ccncc2)oc2ccccc12. The molecule has 1 N–H and O–H groups in total. The van der Waals surface area contributed by atoms with Gasteiger partial charge in [-0.2, -0.15) is 5.10 Å². The van der Waals surface area contributed by atoms with Crippen molar-refractivity contribution >= 4 is 16.9 Å². The molecule has 0 bridgehead atoms. The van der Waals surface area contributed by atoms with Gasteiger partial charge in [0.2, 0.25) is 0 Å². The predicted octanol–water partition coefficient (Wildman–Crippen LogP) is 4.76. The zero-order chi connectivity index (χ0) is 22.6. The molecule has 0 atom stereocenters. The maximum atomic E-state index is 13.1. The van der Waals surface area contributed by atoms with Crippen molar-refractivity contribution in [2.75, 3.05) is 7.11 Å². The van der Waals surface area contributed by atoms with Crippen LogP contribution in [0.3, 0.4) is 0 Å². The molecule has 2 aromatic carbocycles. The van der Waals surface area contributed by atoms with Gasteiger partial charge in [0.05, 0.1) is 18.0 Å². The molecule has 3 aromatic heterocycles. The molecule has 0 radical (unpaired) electrons. The minimum Gasteiger partial charge on any atom is -0.451 e. The van der Waals surface area contributed by atoms with Crippen LogP contribution in [0.25, 0.3) is 27.9 Å². The van der Waals surface area contributed by atoms with E-state index < -0.39 is 0 Å². The summed E-state index contributed by atoms with van der Waals surface area (Å²) in [5.74, 6) is -0.0367. The summed E-state index contributed by atoms with van der Waals surface area (Å²) in [6.45, 7) is 0.570. The lowest BCUT2D eigenvalue weighted by Gasteiger charge is -2.06. The van der Waals surface area contributed by atoms with Gasteiger partial charge in [0.25, 0.3) is 5.91 Å². The summed E-state index contributed by atoms with van der Waals surface area (Å²) in [5, 5.41) is 8.64. The first-order valence-corrected chi connectivity index (χ1v) is 10.6. The summed E-state index contributed by atoms with van der Waals surface area (Å²) >= 11 is 0. The Labute approximate surface area is 190 Å². The molecule has 7 nitrogen and oxygen atoms in total. The maximum Gasteiger partial charge on any atom is 0.287 e. The van der Waals surface area contributed by atoms with Crippen LogP contribution in [-0.4, -0.2) is 27.8 Å². The van der Waals surface area contributed by atoms with Crippen molar-refractivity contribution in [1.82, 2.24) is 20.1 Å². The number of hydrogen-bond acceptors (Lipinski definition) is 5. The maximum absolute atomic E-state index is 13.1. The first-order valence-electron chi connectivity index (χ1n) is 10.6. The monoisotopic (exact) mass is 438 g/mol. The molecule has 0 aliphatic rings. The third kappa shape index (κ3) is 4.14. The molecule has 7 heteroatoms. The number of hydrogen-bond donors (Lipinski definition) is 1. The van der Waals surface area contributed by atoms with Crippen LogP contribution in [0.4, 0.5) is 0 Å². The van der Waals surface area contributed by atoms with E-state index in [0.717, 1.165) is 33.5 Å². The molecule has 164 valence electrons. The highest BCUT2D eigenvalue weighted by Gasteiger charge is 2.21. The zero-order valence-corrected chi connectivity index (χ0v) is 18.1. The van der Waals surface area contributed by atoms with Crippen molar-refractivity contribution in [3.05, 3.63) is 102 Å². The van der Waals surface area contributed by atoms with Crippen molar-refractivity contribution in [3.8, 4) is 16.9 Å². The lowest BCUT2D eigenvalue weighted by molar-refractivity contribution is 0.0918. The Balaban J connectivity index is 1.46. The number of rotatable bonds is 7. The fourth-order valence-electron chi connectivity index (χ4n) is 3.83. The van der Waals surface area contributed by atoms with E-state index in [1.54, 1.807) is 19.5 Å². The Bertz CT molecular complexity index is 1390. The highest BCUT2D eigenvalue weighted by atomic mass is 16.5. The van der Waals surface area contributed by atoms with E-state index in [-0.39, 0.29) is 24.8 Å². The van der Waals surface area contributed by atoms with Gasteiger partial charge in [-0.1, -0.05) is 36.4 Å². The first-order chi connectivity index (χ1) is 16.2. The molecule has 0 aliphatic heterocycles. The average Bonchev–Trinajstić information content (AvgIpc) is 3.46. The molecular formula is C26H22N4O3. The van der Waals surface area contributed by atoms with Gasteiger partial charge in [-0.15, -0.1) is 0 Å². The minimum atomic E-state index is -0.300. The second kappa shape index (κ2) is 9.10. The molecule has 5 rings (SSSR count). The van der Waals surface area contributed by atoms with Crippen LogP contribution in [0.5, 0.6) is 0 Å². The van der Waals surface area contributed by atoms with Crippen molar-refractivity contribution in [2.24, 2.45) is 0 Å². The van der Waals surface area contributed by atoms with Crippen molar-refractivity contribution in [3.63, 3.8) is 0 Å². The third-order valence-electron chi connectivity index (χ3n) is 5.40. The number of nitrogens with zero attached hydrogens (tertiary/aromatic N) is 3. The number of para-hydroxylation sites is 2. The van der Waals surface area contributed by atoms with Gasteiger partial charge in [0.15, 0.2) is 5.76 Å². The van der Waals surface area contributed by atoms with Crippen LogP contribution in [-0.2, 0) is 17.9 Å². The van der Waals surface area contributed by atoms with Crippen LogP contribution < -0.4 is 5.32 Å². The Morgan fingerprint density at radius 3 is 2.58 bits per heavy atom. The lowest BCUT2D eigenvalue weighted by atomic mass is 10.1. The van der Waals surface area contributed by atoms with E-state index in [9.17, 15) is 4.79 Å². The molecule has 0 saturated carbocycles. The number of carbonyl (C=O) groups is 1. The fourth-order valence-corrected chi connectivity index (χ4v) is 3.83. The van der Waals surface area contributed by atoms with E-state index >= 15 is 0 Å². The second-order valence-corrected chi connectivity index (χ2v) is 7.54. The average molecular weight is 438 g/mol. The van der Waals surface area contributed by atoms with Gasteiger partial charge in [-0.3, -0.25) is 9.78 Å². The van der Waals surface area contributed by atoms with Crippen LogP contribution in [0.2, 0.25) is 0 Å². The number of pyridine rings is 1. The van der Waals surface area contributed by atoms with E-state index in [1.807, 2.05) is 77.6 Å². The van der Waals surface area contributed by atoms with E-state index in [2.05, 4.69) is 10.3 Å². The number of ether oxygens (including phenoxy) is 1. The quantitative estimate of drug-likeness (QED) is 0.396. The highest BCUT2D eigenvalue weighted by molar-refractivity contribution is 5.99. The normalized spacial score (nSPS) is 11.1. The van der Waals surface area contributed by atoms with Gasteiger partial charge in [-0.05, 0) is 30.3 Å². The van der Waals surface area contributed by atoms with Crippen LogP contribution in [0.1, 0.15) is 21.7 Å². The summed E-state index contributed by atoms with van der Waals surface area (Å²) in [6, 6.07) is 21.2. The van der Waals surface area contributed by atoms with Crippen molar-refractivity contribution in [1.29, 1.82) is 0 Å². The number of nitrogens with one attached hydrogen (secondary N) is 1. The Hall–Kier alpha value is -4.23. The predicted molar refractivity (Wildman–Crippen MR) is 125 cm³/mol. The Kier molecular flexibility index (Phi) is 5.70. The number of carbonyl (C=O) groups excluding carboxylic acids is 1. The number of methoxy groups -OCH3 is 1. The van der Waals surface area contributed by atoms with Crippen LogP contribution in [0.15, 0.2) is 89.7 Å². The molecule has 0 fully saturated rings. The summed E-state index contributed by atoms with van der Waals surface area (Å²) in [4.78, 5) is 17.2. The van der Waals surface area contributed by atoms with E-state index in [4.69, 9.17) is 14.3 Å². The fraction of sp³-hybridized carbons (Fsp3) is 0.115. The second-order valence-electron chi connectivity index (χ2n) is 7.54. The van der Waals surface area contributed by atoms with Gasteiger partial charge >= 0.3 is 0 Å². The minimum absolute atomic E-state index is 0.263. The molecule has 5 aromatic rings. The van der Waals surface area contributed by atoms with Crippen LogP contribution >= 0.6 is 0 Å². The molecule has 1 amide bonds. The third-order valence-corrected chi connectivity index (χ3v) is 5.40. The molecule has 0 aliphatic carbocycles. The molecule has 0 spiro atoms. The van der Waals surface area contributed by atoms with Gasteiger partial charge in [-0.25, -0.2) is 4.68 Å². The molecule has 0 saturated heterocycles. The van der Waals surface area contributed by atoms with Crippen LogP contribution in [0, 0.1) is 0 Å². The molecule has 0 unspecified atom stereocenters. The van der Waals surface area contributed by atoms with Crippen molar-refractivity contribution < 1.29 is 13.9 Å². The van der Waals surface area contributed by atoms with Crippen molar-refractivity contribution in [2.45, 2.75) is 13.2 Å². The highest BCUT2D eigenvalue weighted by Crippen LogP contribution is 2.27. The Morgan fingerprint density at radius 2 is 1.79 bits per heavy atom. The molecule has 3 heterocycles. The van der Waals surface area contributed by atoms with Gasteiger partial charge < -0.3 is 14.5 Å². The van der Waals surface area contributed by atoms with E-state index in [0.29, 0.717) is 5.58 Å². The van der Waals surface area contributed by atoms with Gasteiger partial charge in [0, 0.05) is 54.3 Å².